The molecule has 0 atom stereocenters. The molecule has 3 heteroatoms. The quantitative estimate of drug-likeness (QED) is 0.807. The number of nitrogens with zero attached hydrogens (tertiary/aromatic N) is 1. The number of rotatable bonds is 3. The zero-order valence-corrected chi connectivity index (χ0v) is 12.1. The van der Waals surface area contributed by atoms with Crippen LogP contribution in [0.15, 0.2) is 54.1 Å². The molecule has 0 aliphatic heterocycles. The van der Waals surface area contributed by atoms with E-state index in [-0.39, 0.29) is 12.4 Å². The van der Waals surface area contributed by atoms with E-state index in [0.717, 1.165) is 35.1 Å². The summed E-state index contributed by atoms with van der Waals surface area (Å²) in [7, 11) is 0. The minimum Gasteiger partial charge on any atom is -0.478 e. The molecular weight excluding hydrogens is 274 g/mol. The van der Waals surface area contributed by atoms with Gasteiger partial charge in [-0.1, -0.05) is 42.5 Å². The number of Topliss-reactive ketones (excluding diaryl/α,β-unsaturated/α-hetero) is 1. The van der Waals surface area contributed by atoms with E-state index >= 15 is 0 Å². The van der Waals surface area contributed by atoms with Gasteiger partial charge in [-0.25, -0.2) is 0 Å². The number of fused-ring (bicyclic) bond motifs is 1. The molecule has 0 bridgehead atoms. The third-order valence-corrected chi connectivity index (χ3v) is 3.76. The van der Waals surface area contributed by atoms with Crippen LogP contribution in [0.25, 0.3) is 6.08 Å². The lowest BCUT2D eigenvalue weighted by atomic mass is 9.86. The van der Waals surface area contributed by atoms with Crippen LogP contribution in [0.1, 0.15) is 27.9 Å². The van der Waals surface area contributed by atoms with Crippen LogP contribution in [0.2, 0.25) is 0 Å². The highest BCUT2D eigenvalue weighted by molar-refractivity contribution is 6.13. The van der Waals surface area contributed by atoms with Crippen molar-refractivity contribution in [2.45, 2.75) is 12.8 Å². The van der Waals surface area contributed by atoms with Crippen molar-refractivity contribution < 1.29 is 9.53 Å². The molecule has 0 radical (unpaired) electrons. The van der Waals surface area contributed by atoms with Crippen LogP contribution < -0.4 is 4.74 Å². The van der Waals surface area contributed by atoms with Gasteiger partial charge in [0.05, 0.1) is 0 Å². The van der Waals surface area contributed by atoms with Gasteiger partial charge in [0.25, 0.3) is 0 Å². The SMILES string of the molecule is N#CCOc1ccccc1/C=C1\CCc2ccccc2C1=O. The van der Waals surface area contributed by atoms with Crippen molar-refractivity contribution in [3.05, 3.63) is 70.8 Å². The molecule has 2 aromatic rings. The summed E-state index contributed by atoms with van der Waals surface area (Å²) in [5.74, 6) is 0.708. The summed E-state index contributed by atoms with van der Waals surface area (Å²) in [6.07, 6.45) is 3.47. The molecular formula is C19H15NO2. The Morgan fingerprint density at radius 3 is 2.73 bits per heavy atom. The van der Waals surface area contributed by atoms with Crippen LogP contribution in [-0.4, -0.2) is 12.4 Å². The van der Waals surface area contributed by atoms with E-state index in [9.17, 15) is 4.79 Å². The highest BCUT2D eigenvalue weighted by atomic mass is 16.5. The van der Waals surface area contributed by atoms with Crippen LogP contribution in [-0.2, 0) is 6.42 Å². The summed E-state index contributed by atoms with van der Waals surface area (Å²) in [6, 6.07) is 17.2. The second-order valence-electron chi connectivity index (χ2n) is 5.14. The molecule has 22 heavy (non-hydrogen) atoms. The molecule has 1 aliphatic rings. The zero-order chi connectivity index (χ0) is 15.4. The molecule has 0 fully saturated rings. The summed E-state index contributed by atoms with van der Waals surface area (Å²) < 4.78 is 5.42. The fraction of sp³-hybridized carbons (Fsp3) is 0.158. The maximum absolute atomic E-state index is 12.6. The predicted octanol–water partition coefficient (Wildman–Crippen LogP) is 3.80. The maximum atomic E-state index is 12.6. The highest BCUT2D eigenvalue weighted by Gasteiger charge is 2.21. The number of aryl methyl sites for hydroxylation is 1. The van der Waals surface area contributed by atoms with E-state index in [2.05, 4.69) is 0 Å². The second-order valence-corrected chi connectivity index (χ2v) is 5.14. The van der Waals surface area contributed by atoms with Crippen molar-refractivity contribution in [2.75, 3.05) is 6.61 Å². The van der Waals surface area contributed by atoms with Gasteiger partial charge in [0, 0.05) is 16.7 Å². The molecule has 0 aromatic heterocycles. The van der Waals surface area contributed by atoms with Gasteiger partial charge in [0.15, 0.2) is 12.4 Å². The Bertz CT molecular complexity index is 784. The van der Waals surface area contributed by atoms with E-state index in [1.54, 1.807) is 0 Å². The molecule has 2 aromatic carbocycles. The minimum atomic E-state index is -0.00301. The van der Waals surface area contributed by atoms with Crippen molar-refractivity contribution in [1.29, 1.82) is 5.26 Å². The van der Waals surface area contributed by atoms with Gasteiger partial charge >= 0.3 is 0 Å². The Kier molecular flexibility index (Phi) is 4.02. The molecule has 0 N–H and O–H groups in total. The number of benzene rings is 2. The van der Waals surface area contributed by atoms with Gasteiger partial charge < -0.3 is 4.74 Å². The van der Waals surface area contributed by atoms with Crippen LogP contribution in [0.5, 0.6) is 5.75 Å². The van der Waals surface area contributed by atoms with E-state index in [1.165, 1.54) is 0 Å². The molecule has 108 valence electrons. The number of hydrogen-bond acceptors (Lipinski definition) is 3. The molecule has 3 rings (SSSR count). The van der Waals surface area contributed by atoms with Gasteiger partial charge in [-0.15, -0.1) is 0 Å². The number of nitriles is 1. The first kappa shape index (κ1) is 14.1. The van der Waals surface area contributed by atoms with Gasteiger partial charge in [0.1, 0.15) is 11.8 Å². The maximum Gasteiger partial charge on any atom is 0.189 e. The van der Waals surface area contributed by atoms with E-state index in [1.807, 2.05) is 60.7 Å². The van der Waals surface area contributed by atoms with Crippen LogP contribution in [0.4, 0.5) is 0 Å². The Morgan fingerprint density at radius 2 is 1.86 bits per heavy atom. The first-order valence-electron chi connectivity index (χ1n) is 7.21. The predicted molar refractivity (Wildman–Crippen MR) is 84.6 cm³/mol. The van der Waals surface area contributed by atoms with Crippen LogP contribution in [0.3, 0.4) is 0 Å². The average molecular weight is 289 g/mol. The monoisotopic (exact) mass is 289 g/mol. The third-order valence-electron chi connectivity index (χ3n) is 3.76. The fourth-order valence-electron chi connectivity index (χ4n) is 2.68. The lowest BCUT2D eigenvalue weighted by Gasteiger charge is -2.17. The van der Waals surface area contributed by atoms with E-state index < -0.39 is 0 Å². The summed E-state index contributed by atoms with van der Waals surface area (Å²) in [5, 5.41) is 8.65. The first-order chi connectivity index (χ1) is 10.8. The normalized spacial score (nSPS) is 15.2. The molecule has 0 saturated heterocycles. The van der Waals surface area contributed by atoms with Crippen LogP contribution in [0, 0.1) is 11.3 Å². The Hall–Kier alpha value is -2.86. The van der Waals surface area contributed by atoms with E-state index in [0.29, 0.717) is 5.75 Å². The smallest absolute Gasteiger partial charge is 0.189 e. The Labute approximate surface area is 129 Å². The summed E-state index contributed by atoms with van der Waals surface area (Å²) >= 11 is 0. The summed E-state index contributed by atoms with van der Waals surface area (Å²) in [4.78, 5) is 12.6. The Balaban J connectivity index is 1.94. The molecule has 0 heterocycles. The molecule has 0 spiro atoms. The number of carbonyl (C=O) groups excluding carboxylic acids is 1. The molecule has 3 nitrogen and oxygen atoms in total. The van der Waals surface area contributed by atoms with Crippen LogP contribution >= 0.6 is 0 Å². The number of carbonyl (C=O) groups is 1. The fourth-order valence-corrected chi connectivity index (χ4v) is 2.68. The van der Waals surface area contributed by atoms with Gasteiger partial charge in [-0.05, 0) is 30.5 Å². The lowest BCUT2D eigenvalue weighted by Crippen LogP contribution is -2.13. The topological polar surface area (TPSA) is 50.1 Å². The van der Waals surface area contributed by atoms with Crippen molar-refractivity contribution >= 4 is 11.9 Å². The number of ketones is 1. The van der Waals surface area contributed by atoms with E-state index in [4.69, 9.17) is 10.00 Å². The van der Waals surface area contributed by atoms with Gasteiger partial charge in [-0.2, -0.15) is 5.26 Å². The molecule has 0 saturated carbocycles. The standard InChI is InChI=1S/C19H15NO2/c20-11-12-22-18-8-4-2-6-15(18)13-16-10-9-14-5-1-3-7-17(14)19(16)21/h1-8,13H,9-10,12H2/b16-13+. The van der Waals surface area contributed by atoms with Crippen molar-refractivity contribution in [3.8, 4) is 11.8 Å². The number of hydrogen-bond donors (Lipinski definition) is 0. The Morgan fingerprint density at radius 1 is 1.09 bits per heavy atom. The van der Waals surface area contributed by atoms with Gasteiger partial charge in [-0.3, -0.25) is 4.79 Å². The third kappa shape index (κ3) is 2.77. The minimum absolute atomic E-state index is 0.00301. The average Bonchev–Trinajstić information content (AvgIpc) is 2.57. The number of allylic oxidation sites excluding steroid dienone is 1. The van der Waals surface area contributed by atoms with Gasteiger partial charge in [0.2, 0.25) is 0 Å². The van der Waals surface area contributed by atoms with Crippen molar-refractivity contribution in [3.63, 3.8) is 0 Å². The molecule has 1 aliphatic carbocycles. The number of ether oxygens (including phenoxy) is 1. The largest absolute Gasteiger partial charge is 0.478 e. The molecule has 0 unspecified atom stereocenters. The number of para-hydroxylation sites is 1. The first-order valence-corrected chi connectivity index (χ1v) is 7.21. The highest BCUT2D eigenvalue weighted by Crippen LogP contribution is 2.28. The second kappa shape index (κ2) is 6.28. The lowest BCUT2D eigenvalue weighted by molar-refractivity contribution is 0.102. The van der Waals surface area contributed by atoms with Crippen molar-refractivity contribution in [2.24, 2.45) is 0 Å². The van der Waals surface area contributed by atoms with Crippen molar-refractivity contribution in [1.82, 2.24) is 0 Å². The zero-order valence-electron chi connectivity index (χ0n) is 12.1. The molecule has 0 amide bonds. The summed E-state index contributed by atoms with van der Waals surface area (Å²) in [5.41, 5.74) is 3.52. The summed E-state index contributed by atoms with van der Waals surface area (Å²) in [6.45, 7) is -0.00301.